The van der Waals surface area contributed by atoms with Crippen LogP contribution in [0.15, 0.2) is 34.1 Å². The number of halogens is 4. The molecule has 2 N–H and O–H groups in total. The van der Waals surface area contributed by atoms with Crippen molar-refractivity contribution >= 4 is 56.4 Å². The first-order valence-electron chi connectivity index (χ1n) is 10.1. The van der Waals surface area contributed by atoms with Crippen molar-refractivity contribution in [2.24, 2.45) is 0 Å². The number of nitrogens with zero attached hydrogens (tertiary/aromatic N) is 1. The number of morpholine rings is 1. The van der Waals surface area contributed by atoms with Crippen LogP contribution in [-0.2, 0) is 20.5 Å². The molecule has 0 bridgehead atoms. The fourth-order valence-electron chi connectivity index (χ4n) is 3.75. The van der Waals surface area contributed by atoms with E-state index in [4.69, 9.17) is 4.74 Å². The Balaban J connectivity index is 1.55. The predicted molar refractivity (Wildman–Crippen MR) is 119 cm³/mol. The lowest BCUT2D eigenvalue weighted by molar-refractivity contribution is -0.137. The molecule has 33 heavy (non-hydrogen) atoms. The fraction of sp³-hybridized carbons (Fsp3) is 0.381. The van der Waals surface area contributed by atoms with Crippen LogP contribution in [-0.4, -0.2) is 43.0 Å². The topological polar surface area (TPSA) is 87.7 Å². The van der Waals surface area contributed by atoms with Crippen LogP contribution in [0.2, 0.25) is 0 Å². The lowest BCUT2D eigenvalue weighted by atomic mass is 9.75. The third kappa shape index (κ3) is 4.92. The zero-order chi connectivity index (χ0) is 23.8. The highest BCUT2D eigenvalue weighted by atomic mass is 79.9. The van der Waals surface area contributed by atoms with E-state index in [1.165, 1.54) is 17.4 Å². The van der Waals surface area contributed by atoms with E-state index in [0.717, 1.165) is 20.8 Å². The smallest absolute Gasteiger partial charge is 0.370 e. The fourth-order valence-corrected chi connectivity index (χ4v) is 5.04. The molecular formula is C21H19BrF3N3O4S. The molecule has 12 heteroatoms. The summed E-state index contributed by atoms with van der Waals surface area (Å²) in [6.07, 6.45) is -3.29. The largest absolute Gasteiger partial charge is 0.418 e. The molecule has 1 aliphatic heterocycles. The summed E-state index contributed by atoms with van der Waals surface area (Å²) in [4.78, 5) is 39.1. The number of hydrogen-bond donors (Lipinski definition) is 2. The van der Waals surface area contributed by atoms with Crippen LogP contribution in [0.3, 0.4) is 0 Å². The van der Waals surface area contributed by atoms with Crippen LogP contribution >= 0.6 is 27.3 Å². The molecule has 7 nitrogen and oxygen atoms in total. The number of anilines is 2. The number of rotatable bonds is 5. The minimum atomic E-state index is -4.75. The van der Waals surface area contributed by atoms with Gasteiger partial charge in [0.25, 0.3) is 11.8 Å². The Bertz CT molecular complexity index is 1100. The van der Waals surface area contributed by atoms with E-state index in [9.17, 15) is 27.6 Å². The quantitative estimate of drug-likeness (QED) is 0.589. The third-order valence-electron chi connectivity index (χ3n) is 5.63. The SMILES string of the molecule is O=C(NC1(C(=O)Nc2ccc(N3CCOCC3=O)c(C(F)(F)F)c2)CCC1)c1ccc(Br)s1. The number of ether oxygens (including phenoxy) is 1. The van der Waals surface area contributed by atoms with Crippen molar-refractivity contribution in [1.29, 1.82) is 0 Å². The van der Waals surface area contributed by atoms with Crippen molar-refractivity contribution < 1.29 is 32.3 Å². The van der Waals surface area contributed by atoms with Crippen molar-refractivity contribution in [3.05, 3.63) is 44.6 Å². The van der Waals surface area contributed by atoms with Crippen molar-refractivity contribution in [2.75, 3.05) is 30.0 Å². The molecule has 1 aliphatic carbocycles. The standard InChI is InChI=1S/C21H19BrF3N3O4S/c22-16-5-4-15(33-16)18(30)27-20(6-1-7-20)19(31)26-12-2-3-14(13(10-12)21(23,24)25)28-8-9-32-11-17(28)29/h2-5,10H,1,6-9,11H2,(H,26,31)(H,27,30). The highest BCUT2D eigenvalue weighted by Crippen LogP contribution is 2.40. The minimum Gasteiger partial charge on any atom is -0.370 e. The highest BCUT2D eigenvalue weighted by molar-refractivity contribution is 9.11. The van der Waals surface area contributed by atoms with Crippen LogP contribution in [0.25, 0.3) is 0 Å². The summed E-state index contributed by atoms with van der Waals surface area (Å²) in [6, 6.07) is 6.62. The maximum Gasteiger partial charge on any atom is 0.418 e. The number of thiophene rings is 1. The molecule has 0 spiro atoms. The Kier molecular flexibility index (Phi) is 6.52. The Morgan fingerprint density at radius 1 is 1.18 bits per heavy atom. The molecule has 1 aromatic heterocycles. The summed E-state index contributed by atoms with van der Waals surface area (Å²) in [5.41, 5.74) is -2.59. The van der Waals surface area contributed by atoms with Gasteiger partial charge in [-0.2, -0.15) is 13.2 Å². The molecule has 2 aliphatic rings. The maximum atomic E-state index is 13.8. The summed E-state index contributed by atoms with van der Waals surface area (Å²) < 4.78 is 47.1. The molecular weight excluding hydrogens is 527 g/mol. The van der Waals surface area contributed by atoms with Gasteiger partial charge in [-0.25, -0.2) is 0 Å². The van der Waals surface area contributed by atoms with Gasteiger partial charge in [0, 0.05) is 12.2 Å². The molecule has 3 amide bonds. The van der Waals surface area contributed by atoms with E-state index in [1.54, 1.807) is 12.1 Å². The van der Waals surface area contributed by atoms with Gasteiger partial charge < -0.3 is 20.3 Å². The molecule has 2 fully saturated rings. The van der Waals surface area contributed by atoms with Crippen LogP contribution in [0.1, 0.15) is 34.5 Å². The lowest BCUT2D eigenvalue weighted by Crippen LogP contribution is -2.61. The highest BCUT2D eigenvalue weighted by Gasteiger charge is 2.46. The summed E-state index contributed by atoms with van der Waals surface area (Å²) in [7, 11) is 0. The van der Waals surface area contributed by atoms with Crippen LogP contribution in [0.5, 0.6) is 0 Å². The Morgan fingerprint density at radius 3 is 2.52 bits per heavy atom. The molecule has 1 saturated heterocycles. The van der Waals surface area contributed by atoms with Gasteiger partial charge in [0.2, 0.25) is 5.91 Å². The van der Waals surface area contributed by atoms with Crippen molar-refractivity contribution in [2.45, 2.75) is 31.0 Å². The van der Waals surface area contributed by atoms with E-state index in [2.05, 4.69) is 26.6 Å². The average molecular weight is 546 g/mol. The normalized spacial score (nSPS) is 17.9. The molecule has 0 radical (unpaired) electrons. The second-order valence-corrected chi connectivity index (χ2v) is 10.2. The molecule has 4 rings (SSSR count). The number of alkyl halides is 3. The Morgan fingerprint density at radius 2 is 1.94 bits per heavy atom. The molecule has 1 saturated carbocycles. The maximum absolute atomic E-state index is 13.8. The summed E-state index contributed by atoms with van der Waals surface area (Å²) in [5.74, 6) is -1.57. The first-order valence-corrected chi connectivity index (χ1v) is 11.7. The Hall–Kier alpha value is -2.44. The van der Waals surface area contributed by atoms with Gasteiger partial charge in [-0.15, -0.1) is 11.3 Å². The minimum absolute atomic E-state index is 0.00158. The molecule has 2 heterocycles. The van der Waals surface area contributed by atoms with Crippen LogP contribution < -0.4 is 15.5 Å². The summed E-state index contributed by atoms with van der Waals surface area (Å²) >= 11 is 4.49. The van der Waals surface area contributed by atoms with Gasteiger partial charge in [0.05, 0.1) is 26.5 Å². The third-order valence-corrected chi connectivity index (χ3v) is 7.25. The number of hydrogen-bond acceptors (Lipinski definition) is 5. The average Bonchev–Trinajstić information content (AvgIpc) is 3.17. The molecule has 0 atom stereocenters. The van der Waals surface area contributed by atoms with E-state index in [0.29, 0.717) is 24.1 Å². The van der Waals surface area contributed by atoms with Gasteiger partial charge in [-0.1, -0.05) is 0 Å². The van der Waals surface area contributed by atoms with Gasteiger partial charge in [0.1, 0.15) is 12.1 Å². The summed E-state index contributed by atoms with van der Waals surface area (Å²) in [5, 5.41) is 5.26. The number of carbonyl (C=O) groups excluding carboxylic acids is 3. The zero-order valence-electron chi connectivity index (χ0n) is 17.1. The molecule has 0 unspecified atom stereocenters. The van der Waals surface area contributed by atoms with Crippen molar-refractivity contribution in [3.8, 4) is 0 Å². The van der Waals surface area contributed by atoms with Crippen molar-refractivity contribution in [1.82, 2.24) is 5.32 Å². The van der Waals surface area contributed by atoms with Gasteiger partial charge in [-0.05, 0) is 65.5 Å². The number of carbonyl (C=O) groups is 3. The number of amides is 3. The van der Waals surface area contributed by atoms with Gasteiger partial charge in [0.15, 0.2) is 0 Å². The molecule has 176 valence electrons. The second kappa shape index (κ2) is 9.07. The molecule has 2 aromatic rings. The van der Waals surface area contributed by atoms with Gasteiger partial charge in [-0.3, -0.25) is 14.4 Å². The van der Waals surface area contributed by atoms with E-state index in [-0.39, 0.29) is 31.1 Å². The van der Waals surface area contributed by atoms with E-state index >= 15 is 0 Å². The van der Waals surface area contributed by atoms with E-state index < -0.39 is 35.0 Å². The number of benzene rings is 1. The van der Waals surface area contributed by atoms with E-state index in [1.807, 2.05) is 0 Å². The van der Waals surface area contributed by atoms with Crippen LogP contribution in [0.4, 0.5) is 24.5 Å². The van der Waals surface area contributed by atoms with Crippen molar-refractivity contribution in [3.63, 3.8) is 0 Å². The summed E-state index contributed by atoms with van der Waals surface area (Å²) in [6.45, 7) is -0.162. The van der Waals surface area contributed by atoms with Crippen LogP contribution in [0, 0.1) is 0 Å². The second-order valence-electron chi connectivity index (χ2n) is 7.78. The Labute approximate surface area is 199 Å². The number of nitrogens with one attached hydrogen (secondary N) is 2. The molecule has 1 aromatic carbocycles. The van der Waals surface area contributed by atoms with Gasteiger partial charge >= 0.3 is 6.18 Å². The first kappa shape index (κ1) is 23.7. The first-order chi connectivity index (χ1) is 15.6. The lowest BCUT2D eigenvalue weighted by Gasteiger charge is -2.40. The zero-order valence-corrected chi connectivity index (χ0v) is 19.5. The predicted octanol–water partition coefficient (Wildman–Crippen LogP) is 4.18. The monoisotopic (exact) mass is 545 g/mol.